The van der Waals surface area contributed by atoms with Crippen molar-refractivity contribution in [3.05, 3.63) is 35.1 Å². The average molecular weight is 281 g/mol. The largest absolute Gasteiger partial charge is 0.465 e. The fourth-order valence-electron chi connectivity index (χ4n) is 2.09. The van der Waals surface area contributed by atoms with Gasteiger partial charge in [-0.2, -0.15) is 0 Å². The third-order valence-corrected chi connectivity index (χ3v) is 3.55. The van der Waals surface area contributed by atoms with Gasteiger partial charge in [-0.15, -0.1) is 0 Å². The second-order valence-electron chi connectivity index (χ2n) is 5.34. The van der Waals surface area contributed by atoms with E-state index < -0.39 is 11.8 Å². The summed E-state index contributed by atoms with van der Waals surface area (Å²) in [6.07, 6.45) is 2.26. The van der Waals surface area contributed by atoms with Crippen molar-refractivity contribution in [3.8, 4) is 0 Å². The minimum Gasteiger partial charge on any atom is -0.465 e. The predicted octanol–water partition coefficient (Wildman–Crippen LogP) is 3.53. The summed E-state index contributed by atoms with van der Waals surface area (Å²) < 4.78 is 18.3. The molecule has 0 spiro atoms. The molecule has 0 fully saturated rings. The summed E-state index contributed by atoms with van der Waals surface area (Å²) in [5, 5.41) is 3.37. The van der Waals surface area contributed by atoms with E-state index in [1.54, 1.807) is 6.07 Å². The van der Waals surface area contributed by atoms with Crippen molar-refractivity contribution in [2.75, 3.05) is 7.11 Å². The highest BCUT2D eigenvalue weighted by Crippen LogP contribution is 2.13. The SMILES string of the molecule is CCC(C)CC(C)NCc1ccc(C(=O)OC)c(F)c1. The molecule has 1 aromatic carbocycles. The maximum atomic E-state index is 13.7. The van der Waals surface area contributed by atoms with E-state index in [1.807, 2.05) is 0 Å². The van der Waals surface area contributed by atoms with Crippen LogP contribution in [0, 0.1) is 11.7 Å². The number of benzene rings is 1. The van der Waals surface area contributed by atoms with Crippen LogP contribution in [-0.2, 0) is 11.3 Å². The minimum absolute atomic E-state index is 0.0242. The first kappa shape index (κ1) is 16.6. The Balaban J connectivity index is 2.57. The maximum Gasteiger partial charge on any atom is 0.340 e. The molecule has 1 rings (SSSR count). The van der Waals surface area contributed by atoms with Crippen molar-refractivity contribution in [2.45, 2.75) is 46.2 Å². The van der Waals surface area contributed by atoms with Crippen LogP contribution in [-0.4, -0.2) is 19.1 Å². The summed E-state index contributed by atoms with van der Waals surface area (Å²) in [5.41, 5.74) is 0.801. The molecule has 1 N–H and O–H groups in total. The third-order valence-electron chi connectivity index (χ3n) is 3.55. The van der Waals surface area contributed by atoms with E-state index in [4.69, 9.17) is 0 Å². The quantitative estimate of drug-likeness (QED) is 0.777. The molecule has 2 unspecified atom stereocenters. The Morgan fingerprint density at radius 3 is 2.65 bits per heavy atom. The summed E-state index contributed by atoms with van der Waals surface area (Å²) in [4.78, 5) is 11.3. The molecule has 0 saturated carbocycles. The fraction of sp³-hybridized carbons (Fsp3) is 0.562. The van der Waals surface area contributed by atoms with Gasteiger partial charge >= 0.3 is 5.97 Å². The Kier molecular flexibility index (Phi) is 6.65. The number of rotatable bonds is 7. The summed E-state index contributed by atoms with van der Waals surface area (Å²) in [6, 6.07) is 4.98. The predicted molar refractivity (Wildman–Crippen MR) is 78.1 cm³/mol. The van der Waals surface area contributed by atoms with Crippen LogP contribution in [0.2, 0.25) is 0 Å². The average Bonchev–Trinajstić information content (AvgIpc) is 2.44. The van der Waals surface area contributed by atoms with E-state index >= 15 is 0 Å². The second-order valence-corrected chi connectivity index (χ2v) is 5.34. The molecule has 0 aliphatic carbocycles. The summed E-state index contributed by atoms with van der Waals surface area (Å²) in [7, 11) is 1.24. The molecular formula is C16H24FNO2. The lowest BCUT2D eigenvalue weighted by Gasteiger charge is -2.17. The van der Waals surface area contributed by atoms with Gasteiger partial charge in [-0.25, -0.2) is 9.18 Å². The van der Waals surface area contributed by atoms with Crippen LogP contribution >= 0.6 is 0 Å². The molecule has 1 aromatic rings. The number of hydrogen-bond acceptors (Lipinski definition) is 3. The highest BCUT2D eigenvalue weighted by atomic mass is 19.1. The molecule has 0 aliphatic rings. The molecule has 0 amide bonds. The van der Waals surface area contributed by atoms with E-state index in [-0.39, 0.29) is 5.56 Å². The number of hydrogen-bond donors (Lipinski definition) is 1. The highest BCUT2D eigenvalue weighted by molar-refractivity contribution is 5.89. The third kappa shape index (κ3) is 4.93. The van der Waals surface area contributed by atoms with E-state index in [1.165, 1.54) is 19.2 Å². The molecule has 0 saturated heterocycles. The standard InChI is InChI=1S/C16H24FNO2/c1-5-11(2)8-12(3)18-10-13-6-7-14(15(17)9-13)16(19)20-4/h6-7,9,11-12,18H,5,8,10H2,1-4H3. The molecule has 3 nitrogen and oxygen atoms in total. The lowest BCUT2D eigenvalue weighted by Crippen LogP contribution is -2.27. The van der Waals surface area contributed by atoms with Gasteiger partial charge in [0.2, 0.25) is 0 Å². The molecular weight excluding hydrogens is 257 g/mol. The van der Waals surface area contributed by atoms with Gasteiger partial charge < -0.3 is 10.1 Å². The summed E-state index contributed by atoms with van der Waals surface area (Å²) in [6.45, 7) is 7.13. The van der Waals surface area contributed by atoms with Gasteiger partial charge in [0.05, 0.1) is 12.7 Å². The fourth-order valence-corrected chi connectivity index (χ4v) is 2.09. The van der Waals surface area contributed by atoms with Crippen LogP contribution in [0.25, 0.3) is 0 Å². The molecule has 0 bridgehead atoms. The molecule has 0 aliphatic heterocycles. The number of methoxy groups -OCH3 is 1. The molecule has 112 valence electrons. The van der Waals surface area contributed by atoms with Gasteiger partial charge in [0, 0.05) is 12.6 Å². The molecule has 0 radical (unpaired) electrons. The Bertz CT molecular complexity index is 448. The number of esters is 1. The number of halogens is 1. The lowest BCUT2D eigenvalue weighted by molar-refractivity contribution is 0.0595. The topological polar surface area (TPSA) is 38.3 Å². The molecule has 0 aromatic heterocycles. The molecule has 4 heteroatoms. The van der Waals surface area contributed by atoms with Crippen LogP contribution in [0.15, 0.2) is 18.2 Å². The smallest absolute Gasteiger partial charge is 0.340 e. The highest BCUT2D eigenvalue weighted by Gasteiger charge is 2.12. The molecule has 2 atom stereocenters. The first-order chi connectivity index (χ1) is 9.47. The Labute approximate surface area is 120 Å². The van der Waals surface area contributed by atoms with E-state index in [0.717, 1.165) is 18.4 Å². The van der Waals surface area contributed by atoms with Crippen LogP contribution in [0.1, 0.15) is 49.5 Å². The zero-order valence-corrected chi connectivity index (χ0v) is 12.7. The van der Waals surface area contributed by atoms with Gasteiger partial charge in [0.15, 0.2) is 0 Å². The maximum absolute atomic E-state index is 13.7. The summed E-state index contributed by atoms with van der Waals surface area (Å²) >= 11 is 0. The second kappa shape index (κ2) is 8.00. The van der Waals surface area contributed by atoms with Gasteiger partial charge in [-0.3, -0.25) is 0 Å². The van der Waals surface area contributed by atoms with Crippen molar-refractivity contribution in [2.24, 2.45) is 5.92 Å². The van der Waals surface area contributed by atoms with Crippen molar-refractivity contribution in [1.29, 1.82) is 0 Å². The van der Waals surface area contributed by atoms with Crippen molar-refractivity contribution in [3.63, 3.8) is 0 Å². The number of carbonyl (C=O) groups is 1. The van der Waals surface area contributed by atoms with E-state index in [2.05, 4.69) is 30.8 Å². The van der Waals surface area contributed by atoms with E-state index in [9.17, 15) is 9.18 Å². The molecule has 0 heterocycles. The summed E-state index contributed by atoms with van der Waals surface area (Å²) in [5.74, 6) is -0.506. The van der Waals surface area contributed by atoms with Crippen LogP contribution < -0.4 is 5.32 Å². The van der Waals surface area contributed by atoms with Crippen molar-refractivity contribution >= 4 is 5.97 Å². The monoisotopic (exact) mass is 281 g/mol. The number of carbonyl (C=O) groups excluding carboxylic acids is 1. The van der Waals surface area contributed by atoms with Crippen molar-refractivity contribution in [1.82, 2.24) is 5.32 Å². The number of ether oxygens (including phenoxy) is 1. The van der Waals surface area contributed by atoms with Crippen LogP contribution in [0.4, 0.5) is 4.39 Å². The first-order valence-corrected chi connectivity index (χ1v) is 7.08. The molecule has 20 heavy (non-hydrogen) atoms. The Morgan fingerprint density at radius 1 is 1.40 bits per heavy atom. The number of nitrogens with one attached hydrogen (secondary N) is 1. The van der Waals surface area contributed by atoms with Gasteiger partial charge in [0.25, 0.3) is 0 Å². The Morgan fingerprint density at radius 2 is 2.10 bits per heavy atom. The minimum atomic E-state index is -0.646. The lowest BCUT2D eigenvalue weighted by atomic mass is 10.0. The normalized spacial score (nSPS) is 13.8. The van der Waals surface area contributed by atoms with Crippen LogP contribution in [0.5, 0.6) is 0 Å². The zero-order chi connectivity index (χ0) is 15.1. The Hall–Kier alpha value is -1.42. The van der Waals surface area contributed by atoms with Gasteiger partial charge in [-0.1, -0.05) is 26.3 Å². The van der Waals surface area contributed by atoms with Crippen molar-refractivity contribution < 1.29 is 13.9 Å². The van der Waals surface area contributed by atoms with E-state index in [0.29, 0.717) is 18.5 Å². The zero-order valence-electron chi connectivity index (χ0n) is 12.7. The first-order valence-electron chi connectivity index (χ1n) is 7.08. The van der Waals surface area contributed by atoms with Crippen LogP contribution in [0.3, 0.4) is 0 Å². The van der Waals surface area contributed by atoms with Gasteiger partial charge in [0.1, 0.15) is 5.82 Å². The van der Waals surface area contributed by atoms with Gasteiger partial charge in [-0.05, 0) is 37.0 Å².